The molecule has 5 rings (SSSR count). The Kier molecular flexibility index (Phi) is 4.41. The fourth-order valence-corrected chi connectivity index (χ4v) is 4.91. The van der Waals surface area contributed by atoms with Crippen LogP contribution >= 0.6 is 0 Å². The molecule has 2 aliphatic rings. The monoisotopic (exact) mass is 377 g/mol. The maximum absolute atomic E-state index is 12.9. The number of para-hydroxylation sites is 2. The van der Waals surface area contributed by atoms with E-state index >= 15 is 0 Å². The normalized spacial score (nSPS) is 17.8. The second-order valence-electron chi connectivity index (χ2n) is 8.10. The van der Waals surface area contributed by atoms with Crippen molar-refractivity contribution >= 4 is 16.9 Å². The van der Waals surface area contributed by atoms with Crippen molar-refractivity contribution in [2.75, 3.05) is 13.1 Å². The molecule has 1 saturated heterocycles. The first-order valence-electron chi connectivity index (χ1n) is 10.5. The quantitative estimate of drug-likeness (QED) is 0.704. The molecule has 2 aromatic heterocycles. The van der Waals surface area contributed by atoms with Gasteiger partial charge in [0.1, 0.15) is 5.82 Å². The average Bonchev–Trinajstić information content (AvgIpc) is 3.28. The summed E-state index contributed by atoms with van der Waals surface area (Å²) in [4.78, 5) is 19.6. The Hall–Kier alpha value is -2.63. The Labute approximate surface area is 165 Å². The topological polar surface area (TPSA) is 56.0 Å². The zero-order valence-electron chi connectivity index (χ0n) is 16.5. The molecule has 3 aromatic rings. The van der Waals surface area contributed by atoms with Crippen molar-refractivity contribution in [2.24, 2.45) is 0 Å². The highest BCUT2D eigenvalue weighted by Crippen LogP contribution is 2.29. The standard InChI is InChI=1S/C22H27N5O/c1-16-24-19-6-2-3-8-21(19)27(16)18-9-12-25(13-10-18)22(28)14-17-15-23-26-11-5-4-7-20(17)26/h2-3,6,8,15,18H,4-5,7,9-14H2,1H3. The minimum Gasteiger partial charge on any atom is -0.342 e. The van der Waals surface area contributed by atoms with Crippen LogP contribution in [0.4, 0.5) is 0 Å². The Morgan fingerprint density at radius 1 is 1.14 bits per heavy atom. The molecular formula is C22H27N5O. The molecule has 6 heteroatoms. The van der Waals surface area contributed by atoms with Crippen LogP contribution in [0.25, 0.3) is 11.0 Å². The van der Waals surface area contributed by atoms with Crippen LogP contribution in [0.2, 0.25) is 0 Å². The maximum Gasteiger partial charge on any atom is 0.227 e. The van der Waals surface area contributed by atoms with Crippen LogP contribution in [0.5, 0.6) is 0 Å². The summed E-state index contributed by atoms with van der Waals surface area (Å²) in [6.07, 6.45) is 7.82. The van der Waals surface area contributed by atoms with Crippen LogP contribution in [-0.2, 0) is 24.2 Å². The largest absolute Gasteiger partial charge is 0.342 e. The van der Waals surface area contributed by atoms with Crippen LogP contribution in [-0.4, -0.2) is 43.2 Å². The zero-order valence-corrected chi connectivity index (χ0v) is 16.5. The maximum atomic E-state index is 12.9. The fourth-order valence-electron chi connectivity index (χ4n) is 4.91. The summed E-state index contributed by atoms with van der Waals surface area (Å²) >= 11 is 0. The minimum absolute atomic E-state index is 0.243. The summed E-state index contributed by atoms with van der Waals surface area (Å²) in [6, 6.07) is 8.75. The van der Waals surface area contributed by atoms with Gasteiger partial charge in [-0.1, -0.05) is 12.1 Å². The molecule has 0 atom stereocenters. The first-order valence-corrected chi connectivity index (χ1v) is 10.5. The lowest BCUT2D eigenvalue weighted by Crippen LogP contribution is -2.40. The van der Waals surface area contributed by atoms with Gasteiger partial charge in [0.25, 0.3) is 0 Å². The van der Waals surface area contributed by atoms with E-state index in [1.165, 1.54) is 24.1 Å². The van der Waals surface area contributed by atoms with Gasteiger partial charge in [-0.3, -0.25) is 9.48 Å². The second kappa shape index (κ2) is 7.08. The molecule has 0 saturated carbocycles. The van der Waals surface area contributed by atoms with Crippen LogP contribution in [0, 0.1) is 6.92 Å². The molecule has 2 aliphatic heterocycles. The van der Waals surface area contributed by atoms with Crippen molar-refractivity contribution in [2.45, 2.75) is 58.0 Å². The SMILES string of the molecule is Cc1nc2ccccc2n1C1CCN(C(=O)Cc2cnn3c2CCCC3)CC1. The molecule has 0 radical (unpaired) electrons. The van der Waals surface area contributed by atoms with Crippen molar-refractivity contribution in [3.63, 3.8) is 0 Å². The average molecular weight is 377 g/mol. The molecule has 0 aliphatic carbocycles. The van der Waals surface area contributed by atoms with E-state index in [1.807, 2.05) is 17.2 Å². The molecule has 0 unspecified atom stereocenters. The molecule has 1 fully saturated rings. The number of nitrogens with zero attached hydrogens (tertiary/aromatic N) is 5. The van der Waals surface area contributed by atoms with Crippen LogP contribution in [0.15, 0.2) is 30.5 Å². The van der Waals surface area contributed by atoms with E-state index in [1.54, 1.807) is 0 Å². The Morgan fingerprint density at radius 2 is 1.96 bits per heavy atom. The highest BCUT2D eigenvalue weighted by Gasteiger charge is 2.27. The number of rotatable bonds is 3. The van der Waals surface area contributed by atoms with Gasteiger partial charge in [0, 0.05) is 36.9 Å². The summed E-state index contributed by atoms with van der Waals surface area (Å²) < 4.78 is 4.45. The number of fused-ring (bicyclic) bond motifs is 2. The van der Waals surface area contributed by atoms with Gasteiger partial charge in [0.05, 0.1) is 23.7 Å². The van der Waals surface area contributed by atoms with Crippen LogP contribution in [0.1, 0.15) is 48.8 Å². The number of carbonyl (C=O) groups is 1. The van der Waals surface area contributed by atoms with Gasteiger partial charge in [-0.2, -0.15) is 5.10 Å². The summed E-state index contributed by atoms with van der Waals surface area (Å²) in [5.74, 6) is 1.31. The van der Waals surface area contributed by atoms with Gasteiger partial charge in [-0.25, -0.2) is 4.98 Å². The van der Waals surface area contributed by atoms with E-state index in [4.69, 9.17) is 4.98 Å². The van der Waals surface area contributed by atoms with Crippen LogP contribution < -0.4 is 0 Å². The first kappa shape index (κ1) is 17.5. The molecule has 0 bridgehead atoms. The van der Waals surface area contributed by atoms with Gasteiger partial charge in [0.2, 0.25) is 5.91 Å². The lowest BCUT2D eigenvalue weighted by atomic mass is 10.0. The second-order valence-corrected chi connectivity index (χ2v) is 8.10. The molecule has 6 nitrogen and oxygen atoms in total. The van der Waals surface area contributed by atoms with Crippen LogP contribution in [0.3, 0.4) is 0 Å². The Morgan fingerprint density at radius 3 is 2.82 bits per heavy atom. The molecule has 28 heavy (non-hydrogen) atoms. The number of hydrogen-bond acceptors (Lipinski definition) is 3. The summed E-state index contributed by atoms with van der Waals surface area (Å²) in [5, 5.41) is 4.48. The minimum atomic E-state index is 0.243. The number of piperidine rings is 1. The molecule has 0 N–H and O–H groups in total. The third kappa shape index (κ3) is 3.01. The number of carbonyl (C=O) groups excluding carboxylic acids is 1. The predicted molar refractivity (Wildman–Crippen MR) is 108 cm³/mol. The Balaban J connectivity index is 1.26. The van der Waals surface area contributed by atoms with E-state index in [-0.39, 0.29) is 5.91 Å². The van der Waals surface area contributed by atoms with Gasteiger partial charge in [0.15, 0.2) is 0 Å². The third-order valence-corrected chi connectivity index (χ3v) is 6.36. The smallest absolute Gasteiger partial charge is 0.227 e. The summed E-state index contributed by atoms with van der Waals surface area (Å²) in [5.41, 5.74) is 4.67. The number of likely N-dealkylation sites (tertiary alicyclic amines) is 1. The van der Waals surface area contributed by atoms with Crippen molar-refractivity contribution in [1.29, 1.82) is 0 Å². The Bertz CT molecular complexity index is 1010. The molecule has 146 valence electrons. The van der Waals surface area contributed by atoms with E-state index in [2.05, 4.69) is 39.5 Å². The fraction of sp³-hybridized carbons (Fsp3) is 0.500. The molecule has 4 heterocycles. The van der Waals surface area contributed by atoms with E-state index in [9.17, 15) is 4.79 Å². The van der Waals surface area contributed by atoms with E-state index < -0.39 is 0 Å². The summed E-state index contributed by atoms with van der Waals surface area (Å²) in [6.45, 7) is 4.71. The molecule has 0 spiro atoms. The number of benzene rings is 1. The van der Waals surface area contributed by atoms with Crippen molar-refractivity contribution < 1.29 is 4.79 Å². The molecule has 1 amide bonds. The highest BCUT2D eigenvalue weighted by atomic mass is 16.2. The van der Waals surface area contributed by atoms with Gasteiger partial charge < -0.3 is 9.47 Å². The number of aryl methyl sites for hydroxylation is 2. The number of hydrogen-bond donors (Lipinski definition) is 0. The lowest BCUT2D eigenvalue weighted by molar-refractivity contribution is -0.131. The number of amides is 1. The van der Waals surface area contributed by atoms with Crippen molar-refractivity contribution in [1.82, 2.24) is 24.2 Å². The lowest BCUT2D eigenvalue weighted by Gasteiger charge is -2.33. The third-order valence-electron chi connectivity index (χ3n) is 6.36. The van der Waals surface area contributed by atoms with E-state index in [0.717, 1.165) is 55.8 Å². The zero-order chi connectivity index (χ0) is 19.1. The van der Waals surface area contributed by atoms with Crippen molar-refractivity contribution in [3.05, 3.63) is 47.5 Å². The number of aromatic nitrogens is 4. The summed E-state index contributed by atoms with van der Waals surface area (Å²) in [7, 11) is 0. The van der Waals surface area contributed by atoms with Gasteiger partial charge >= 0.3 is 0 Å². The first-order chi connectivity index (χ1) is 13.7. The van der Waals surface area contributed by atoms with E-state index in [0.29, 0.717) is 12.5 Å². The van der Waals surface area contributed by atoms with Gasteiger partial charge in [-0.15, -0.1) is 0 Å². The molecular weight excluding hydrogens is 350 g/mol. The predicted octanol–water partition coefficient (Wildman–Crippen LogP) is 3.28. The number of imidazole rings is 1. The molecule has 1 aromatic carbocycles. The van der Waals surface area contributed by atoms with Crippen molar-refractivity contribution in [3.8, 4) is 0 Å². The van der Waals surface area contributed by atoms with Gasteiger partial charge in [-0.05, 0) is 51.2 Å². The highest BCUT2D eigenvalue weighted by molar-refractivity contribution is 5.79.